The molecule has 1 fully saturated rings. The predicted octanol–water partition coefficient (Wildman–Crippen LogP) is 3.49. The monoisotopic (exact) mass is 340 g/mol. The van der Waals surface area contributed by atoms with Crippen LogP contribution in [-0.2, 0) is 15.3 Å². The van der Waals surface area contributed by atoms with Gasteiger partial charge in [0.25, 0.3) is 0 Å². The maximum absolute atomic E-state index is 11.7. The first kappa shape index (κ1) is 15.4. The Kier molecular flexibility index (Phi) is 4.71. The SMILES string of the molecule is O=S1(=O)CCC(C(CCl)(CCl)c2cccc(Cl)c2)C1. The molecular weight excluding hydrogens is 327 g/mol. The second-order valence-electron chi connectivity index (χ2n) is 5.03. The van der Waals surface area contributed by atoms with Crippen LogP contribution in [0, 0.1) is 5.92 Å². The van der Waals surface area contributed by atoms with E-state index < -0.39 is 15.3 Å². The largest absolute Gasteiger partial charge is 0.229 e. The second kappa shape index (κ2) is 5.80. The molecule has 0 N–H and O–H groups in total. The van der Waals surface area contributed by atoms with Crippen LogP contribution in [0.5, 0.6) is 0 Å². The predicted molar refractivity (Wildman–Crippen MR) is 81.3 cm³/mol. The zero-order valence-electron chi connectivity index (χ0n) is 10.3. The molecule has 19 heavy (non-hydrogen) atoms. The van der Waals surface area contributed by atoms with Gasteiger partial charge in [-0.1, -0.05) is 23.7 Å². The lowest BCUT2D eigenvalue weighted by atomic mass is 9.73. The van der Waals surface area contributed by atoms with Crippen LogP contribution in [-0.4, -0.2) is 31.7 Å². The first-order valence-electron chi connectivity index (χ1n) is 6.02. The molecule has 1 heterocycles. The number of sulfone groups is 1. The Morgan fingerprint density at radius 2 is 1.95 bits per heavy atom. The Morgan fingerprint density at radius 1 is 1.26 bits per heavy atom. The summed E-state index contributed by atoms with van der Waals surface area (Å²) in [6, 6.07) is 7.37. The summed E-state index contributed by atoms with van der Waals surface area (Å²) in [5.74, 6) is 0.895. The first-order valence-corrected chi connectivity index (χ1v) is 9.29. The minimum atomic E-state index is -2.97. The quantitative estimate of drug-likeness (QED) is 0.786. The summed E-state index contributed by atoms with van der Waals surface area (Å²) in [6.45, 7) is 0. The molecule has 6 heteroatoms. The summed E-state index contributed by atoms with van der Waals surface area (Å²) in [4.78, 5) is 0. The maximum atomic E-state index is 11.7. The summed E-state index contributed by atoms with van der Waals surface area (Å²) in [6.07, 6.45) is 0.605. The zero-order valence-corrected chi connectivity index (χ0v) is 13.4. The third kappa shape index (κ3) is 3.05. The minimum absolute atomic E-state index is 0.0500. The molecule has 1 atom stereocenters. The highest BCUT2D eigenvalue weighted by Gasteiger charge is 2.45. The van der Waals surface area contributed by atoms with E-state index in [1.165, 1.54) is 0 Å². The normalized spacial score (nSPS) is 22.6. The Labute approximate surface area is 129 Å². The fourth-order valence-electron chi connectivity index (χ4n) is 2.67. The number of hydrogen-bond donors (Lipinski definition) is 0. The molecule has 0 aliphatic carbocycles. The van der Waals surface area contributed by atoms with Gasteiger partial charge >= 0.3 is 0 Å². The van der Waals surface area contributed by atoms with Gasteiger partial charge in [-0.05, 0) is 30.0 Å². The van der Waals surface area contributed by atoms with Crippen molar-refractivity contribution in [1.29, 1.82) is 0 Å². The highest BCUT2D eigenvalue weighted by molar-refractivity contribution is 7.91. The van der Waals surface area contributed by atoms with Crippen molar-refractivity contribution in [2.75, 3.05) is 23.3 Å². The van der Waals surface area contributed by atoms with Crippen LogP contribution in [0.1, 0.15) is 12.0 Å². The fraction of sp³-hybridized carbons (Fsp3) is 0.538. The summed E-state index contributed by atoms with van der Waals surface area (Å²) < 4.78 is 23.4. The summed E-state index contributed by atoms with van der Waals surface area (Å²) in [5, 5.41) is 0.609. The zero-order chi connectivity index (χ0) is 14.1. The van der Waals surface area contributed by atoms with E-state index in [0.29, 0.717) is 11.4 Å². The van der Waals surface area contributed by atoms with Crippen LogP contribution in [0.25, 0.3) is 0 Å². The number of rotatable bonds is 4. The average Bonchev–Trinajstić information content (AvgIpc) is 2.73. The van der Waals surface area contributed by atoms with Crippen LogP contribution in [0.15, 0.2) is 24.3 Å². The highest BCUT2D eigenvalue weighted by Crippen LogP contribution is 2.41. The van der Waals surface area contributed by atoms with Gasteiger partial charge in [-0.2, -0.15) is 0 Å². The van der Waals surface area contributed by atoms with Gasteiger partial charge in [0.05, 0.1) is 11.5 Å². The van der Waals surface area contributed by atoms with Crippen LogP contribution < -0.4 is 0 Å². The Balaban J connectivity index is 2.43. The van der Waals surface area contributed by atoms with Crippen molar-refractivity contribution in [3.63, 3.8) is 0 Å². The lowest BCUT2D eigenvalue weighted by molar-refractivity contribution is 0.361. The number of hydrogen-bond acceptors (Lipinski definition) is 2. The summed E-state index contributed by atoms with van der Waals surface area (Å²) in [7, 11) is -2.97. The van der Waals surface area contributed by atoms with Gasteiger partial charge < -0.3 is 0 Å². The molecule has 0 aromatic heterocycles. The highest BCUT2D eigenvalue weighted by atomic mass is 35.5. The van der Waals surface area contributed by atoms with E-state index >= 15 is 0 Å². The van der Waals surface area contributed by atoms with E-state index in [9.17, 15) is 8.42 Å². The van der Waals surface area contributed by atoms with E-state index in [2.05, 4.69) is 0 Å². The lowest BCUT2D eigenvalue weighted by Gasteiger charge is -2.36. The number of alkyl halides is 2. The third-order valence-corrected chi connectivity index (χ3v) is 6.85. The first-order chi connectivity index (χ1) is 8.93. The van der Waals surface area contributed by atoms with Crippen LogP contribution >= 0.6 is 34.8 Å². The standard InChI is InChI=1S/C13H15Cl3O2S/c14-8-13(9-15,10-2-1-3-12(16)6-10)11-4-5-19(17,18)7-11/h1-3,6,11H,4-5,7-9H2. The molecule has 0 bridgehead atoms. The van der Waals surface area contributed by atoms with Crippen molar-refractivity contribution in [3.05, 3.63) is 34.9 Å². The smallest absolute Gasteiger partial charge is 0.150 e. The molecule has 1 aliphatic heterocycles. The molecule has 1 unspecified atom stereocenters. The molecule has 2 rings (SSSR count). The maximum Gasteiger partial charge on any atom is 0.150 e. The molecule has 0 spiro atoms. The summed E-state index contributed by atoms with van der Waals surface area (Å²) >= 11 is 18.3. The van der Waals surface area contributed by atoms with Crippen molar-refractivity contribution in [3.8, 4) is 0 Å². The van der Waals surface area contributed by atoms with Crippen LogP contribution in [0.2, 0.25) is 5.02 Å². The fourth-order valence-corrected chi connectivity index (χ4v) is 5.80. The van der Waals surface area contributed by atoms with Gasteiger partial charge in [-0.15, -0.1) is 23.2 Å². The van der Waals surface area contributed by atoms with Crippen molar-refractivity contribution >= 4 is 44.6 Å². The molecule has 1 aliphatic rings. The van der Waals surface area contributed by atoms with E-state index in [-0.39, 0.29) is 29.2 Å². The number of halogens is 3. The molecule has 1 aromatic carbocycles. The van der Waals surface area contributed by atoms with Gasteiger partial charge in [-0.3, -0.25) is 0 Å². The molecule has 1 saturated heterocycles. The lowest BCUT2D eigenvalue weighted by Crippen LogP contribution is -2.40. The molecule has 0 radical (unpaired) electrons. The minimum Gasteiger partial charge on any atom is -0.229 e. The van der Waals surface area contributed by atoms with Crippen molar-refractivity contribution in [2.45, 2.75) is 11.8 Å². The van der Waals surface area contributed by atoms with Gasteiger partial charge in [0.2, 0.25) is 0 Å². The van der Waals surface area contributed by atoms with E-state index in [1.54, 1.807) is 6.07 Å². The van der Waals surface area contributed by atoms with E-state index in [1.807, 2.05) is 18.2 Å². The molecule has 2 nitrogen and oxygen atoms in total. The van der Waals surface area contributed by atoms with Gasteiger partial charge in [0.1, 0.15) is 0 Å². The molecule has 106 valence electrons. The molecule has 0 saturated carbocycles. The van der Waals surface area contributed by atoms with Crippen LogP contribution in [0.4, 0.5) is 0 Å². The Bertz CT molecular complexity index is 553. The molecule has 1 aromatic rings. The molecular formula is C13H15Cl3O2S. The Hall–Kier alpha value is 0.0400. The van der Waals surface area contributed by atoms with Crippen molar-refractivity contribution < 1.29 is 8.42 Å². The van der Waals surface area contributed by atoms with Gasteiger partial charge in [0.15, 0.2) is 9.84 Å². The summed E-state index contributed by atoms with van der Waals surface area (Å²) in [5.41, 5.74) is 0.393. The van der Waals surface area contributed by atoms with Gasteiger partial charge in [0, 0.05) is 22.2 Å². The molecule has 0 amide bonds. The topological polar surface area (TPSA) is 34.1 Å². The Morgan fingerprint density at radius 3 is 2.42 bits per heavy atom. The van der Waals surface area contributed by atoms with E-state index in [4.69, 9.17) is 34.8 Å². The number of benzene rings is 1. The van der Waals surface area contributed by atoms with Crippen molar-refractivity contribution in [2.24, 2.45) is 5.92 Å². The van der Waals surface area contributed by atoms with Gasteiger partial charge in [-0.25, -0.2) is 8.42 Å². The average molecular weight is 342 g/mol. The van der Waals surface area contributed by atoms with E-state index in [0.717, 1.165) is 5.56 Å². The second-order valence-corrected chi connectivity index (χ2v) is 8.23. The van der Waals surface area contributed by atoms with Crippen LogP contribution in [0.3, 0.4) is 0 Å². The van der Waals surface area contributed by atoms with Crippen molar-refractivity contribution in [1.82, 2.24) is 0 Å². The third-order valence-electron chi connectivity index (χ3n) is 3.89.